The van der Waals surface area contributed by atoms with Gasteiger partial charge in [-0.3, -0.25) is 19.7 Å². The summed E-state index contributed by atoms with van der Waals surface area (Å²) >= 11 is 0. The smallest absolute Gasteiger partial charge is 0.255 e. The molecule has 2 saturated heterocycles. The van der Waals surface area contributed by atoms with Crippen molar-refractivity contribution in [2.75, 3.05) is 13.1 Å². The molecule has 3 heterocycles. The molecule has 3 aliphatic heterocycles. The largest absolute Gasteiger partial charge is 0.322 e. The average molecular weight is 356 g/mol. The Bertz CT molecular complexity index is 770. The minimum absolute atomic E-state index is 0.0641. The summed E-state index contributed by atoms with van der Waals surface area (Å²) in [6, 6.07) is 5.20. The van der Waals surface area contributed by atoms with Crippen LogP contribution in [-0.2, 0) is 22.7 Å². The average Bonchev–Trinajstić information content (AvgIpc) is 3.18. The third kappa shape index (κ3) is 3.01. The van der Waals surface area contributed by atoms with E-state index in [1.54, 1.807) is 4.90 Å². The van der Waals surface area contributed by atoms with Gasteiger partial charge in [0, 0.05) is 37.2 Å². The van der Waals surface area contributed by atoms with Crippen molar-refractivity contribution in [1.29, 1.82) is 0 Å². The van der Waals surface area contributed by atoms with Crippen LogP contribution < -0.4 is 16.0 Å². The third-order valence-corrected chi connectivity index (χ3v) is 5.75. The highest BCUT2D eigenvalue weighted by molar-refractivity contribution is 6.05. The highest BCUT2D eigenvalue weighted by Crippen LogP contribution is 2.30. The van der Waals surface area contributed by atoms with Gasteiger partial charge in [-0.15, -0.1) is 0 Å². The van der Waals surface area contributed by atoms with E-state index in [1.165, 1.54) is 0 Å². The predicted octanol–water partition coefficient (Wildman–Crippen LogP) is 0.289. The molecule has 3 N–H and O–H groups in total. The molecule has 1 aromatic carbocycles. The predicted molar refractivity (Wildman–Crippen MR) is 95.2 cm³/mol. The van der Waals surface area contributed by atoms with Crippen molar-refractivity contribution in [2.45, 2.75) is 50.9 Å². The van der Waals surface area contributed by atoms with Gasteiger partial charge in [-0.25, -0.2) is 0 Å². The molecule has 0 bridgehead atoms. The van der Waals surface area contributed by atoms with Crippen molar-refractivity contribution in [1.82, 2.24) is 20.9 Å². The first-order chi connectivity index (χ1) is 12.5. The van der Waals surface area contributed by atoms with Crippen molar-refractivity contribution in [3.8, 4) is 0 Å². The van der Waals surface area contributed by atoms with E-state index in [-0.39, 0.29) is 29.7 Å². The first kappa shape index (κ1) is 17.2. The van der Waals surface area contributed by atoms with E-state index in [2.05, 4.69) is 22.9 Å². The van der Waals surface area contributed by atoms with Crippen molar-refractivity contribution in [3.05, 3.63) is 34.9 Å². The van der Waals surface area contributed by atoms with Gasteiger partial charge in [0.1, 0.15) is 6.04 Å². The van der Waals surface area contributed by atoms with Crippen LogP contribution in [0.5, 0.6) is 0 Å². The molecule has 4 rings (SSSR count). The van der Waals surface area contributed by atoms with Crippen molar-refractivity contribution in [2.24, 2.45) is 0 Å². The molecule has 2 unspecified atom stereocenters. The summed E-state index contributed by atoms with van der Waals surface area (Å²) in [5, 5.41) is 9.33. The number of carbonyl (C=O) groups excluding carboxylic acids is 3. The Morgan fingerprint density at radius 1 is 1.31 bits per heavy atom. The van der Waals surface area contributed by atoms with Crippen LogP contribution in [0.4, 0.5) is 0 Å². The second kappa shape index (κ2) is 6.48. The van der Waals surface area contributed by atoms with Crippen LogP contribution in [0, 0.1) is 0 Å². The summed E-state index contributed by atoms with van der Waals surface area (Å²) in [6.07, 6.45) is 1.74. The SMILES string of the molecule is CC1(NCc2cccc3c2CN(C2CCC(=O)NC2=O)C3=O)CCNC1. The lowest BCUT2D eigenvalue weighted by atomic mass is 9.99. The van der Waals surface area contributed by atoms with Crippen LogP contribution in [-0.4, -0.2) is 47.3 Å². The molecule has 2 fully saturated rings. The standard InChI is InChI=1S/C19H24N4O3/c1-19(7-8-20-11-19)21-9-12-3-2-4-13-14(12)10-23(18(13)26)15-5-6-16(24)22-17(15)25/h2-4,15,20-21H,5-11H2,1H3,(H,22,24,25). The van der Waals surface area contributed by atoms with Crippen LogP contribution in [0.3, 0.4) is 0 Å². The van der Waals surface area contributed by atoms with Crippen LogP contribution in [0.15, 0.2) is 18.2 Å². The molecule has 0 spiro atoms. The molecule has 3 amide bonds. The lowest BCUT2D eigenvalue weighted by Gasteiger charge is -2.29. The Hall–Kier alpha value is -2.25. The van der Waals surface area contributed by atoms with Gasteiger partial charge in [0.25, 0.3) is 5.91 Å². The van der Waals surface area contributed by atoms with Crippen molar-refractivity contribution >= 4 is 17.7 Å². The minimum Gasteiger partial charge on any atom is -0.322 e. The topological polar surface area (TPSA) is 90.5 Å². The highest BCUT2D eigenvalue weighted by atomic mass is 16.2. The Labute approximate surface area is 152 Å². The number of nitrogens with zero attached hydrogens (tertiary/aromatic N) is 1. The Morgan fingerprint density at radius 3 is 2.88 bits per heavy atom. The zero-order valence-corrected chi connectivity index (χ0v) is 14.9. The highest BCUT2D eigenvalue weighted by Gasteiger charge is 2.39. The monoisotopic (exact) mass is 356 g/mol. The van der Waals surface area contributed by atoms with E-state index in [1.807, 2.05) is 18.2 Å². The summed E-state index contributed by atoms with van der Waals surface area (Å²) in [4.78, 5) is 38.0. The van der Waals surface area contributed by atoms with E-state index in [0.717, 1.165) is 30.6 Å². The molecule has 2 atom stereocenters. The van der Waals surface area contributed by atoms with Crippen LogP contribution in [0.25, 0.3) is 0 Å². The van der Waals surface area contributed by atoms with E-state index in [0.29, 0.717) is 25.1 Å². The molecule has 0 aliphatic carbocycles. The fourth-order valence-electron chi connectivity index (χ4n) is 4.09. The molecular formula is C19H24N4O3. The number of benzene rings is 1. The first-order valence-corrected chi connectivity index (χ1v) is 9.18. The fourth-order valence-corrected chi connectivity index (χ4v) is 4.09. The van der Waals surface area contributed by atoms with Crippen molar-refractivity contribution < 1.29 is 14.4 Å². The Balaban J connectivity index is 1.52. The number of imide groups is 1. The molecular weight excluding hydrogens is 332 g/mol. The van der Waals surface area contributed by atoms with Gasteiger partial charge in [0.15, 0.2) is 0 Å². The summed E-state index contributed by atoms with van der Waals surface area (Å²) < 4.78 is 0. The third-order valence-electron chi connectivity index (χ3n) is 5.75. The number of fused-ring (bicyclic) bond motifs is 1. The number of carbonyl (C=O) groups is 3. The van der Waals surface area contributed by atoms with Gasteiger partial charge < -0.3 is 15.5 Å². The van der Waals surface area contributed by atoms with Gasteiger partial charge >= 0.3 is 0 Å². The van der Waals surface area contributed by atoms with Crippen molar-refractivity contribution in [3.63, 3.8) is 0 Å². The summed E-state index contributed by atoms with van der Waals surface area (Å²) in [6.45, 7) is 5.27. The molecule has 0 radical (unpaired) electrons. The summed E-state index contributed by atoms with van der Waals surface area (Å²) in [7, 11) is 0. The molecule has 7 nitrogen and oxygen atoms in total. The molecule has 26 heavy (non-hydrogen) atoms. The fraction of sp³-hybridized carbons (Fsp3) is 0.526. The second-order valence-electron chi connectivity index (χ2n) is 7.68. The van der Waals surface area contributed by atoms with E-state index in [9.17, 15) is 14.4 Å². The molecule has 138 valence electrons. The number of rotatable bonds is 4. The quantitative estimate of drug-likeness (QED) is 0.675. The molecule has 1 aromatic rings. The van der Waals surface area contributed by atoms with Gasteiger partial charge in [0.2, 0.25) is 11.8 Å². The number of piperidine rings is 1. The van der Waals surface area contributed by atoms with Gasteiger partial charge in [-0.05, 0) is 43.5 Å². The number of nitrogens with one attached hydrogen (secondary N) is 3. The molecule has 3 aliphatic rings. The summed E-state index contributed by atoms with van der Waals surface area (Å²) in [5.74, 6) is -0.754. The number of hydrogen-bond donors (Lipinski definition) is 3. The van der Waals surface area contributed by atoms with Gasteiger partial charge in [0.05, 0.1) is 0 Å². The lowest BCUT2D eigenvalue weighted by molar-refractivity contribution is -0.136. The zero-order chi connectivity index (χ0) is 18.3. The number of amides is 3. The first-order valence-electron chi connectivity index (χ1n) is 9.18. The Kier molecular flexibility index (Phi) is 4.28. The van der Waals surface area contributed by atoms with Crippen LogP contribution in [0.1, 0.15) is 47.7 Å². The summed E-state index contributed by atoms with van der Waals surface area (Å²) in [5.41, 5.74) is 2.82. The normalized spacial score (nSPS) is 28.4. The number of hydrogen-bond acceptors (Lipinski definition) is 5. The van der Waals surface area contributed by atoms with Crippen LogP contribution >= 0.6 is 0 Å². The van der Waals surface area contributed by atoms with Gasteiger partial charge in [-0.1, -0.05) is 12.1 Å². The molecule has 7 heteroatoms. The molecule has 0 aromatic heterocycles. The minimum atomic E-state index is -0.565. The lowest BCUT2D eigenvalue weighted by Crippen LogP contribution is -2.52. The zero-order valence-electron chi connectivity index (χ0n) is 14.9. The molecule has 0 saturated carbocycles. The maximum Gasteiger partial charge on any atom is 0.255 e. The van der Waals surface area contributed by atoms with E-state index >= 15 is 0 Å². The van der Waals surface area contributed by atoms with Gasteiger partial charge in [-0.2, -0.15) is 0 Å². The Morgan fingerprint density at radius 2 is 2.15 bits per heavy atom. The maximum absolute atomic E-state index is 12.8. The van der Waals surface area contributed by atoms with Crippen LogP contribution in [0.2, 0.25) is 0 Å². The second-order valence-corrected chi connectivity index (χ2v) is 7.68. The van der Waals surface area contributed by atoms with E-state index in [4.69, 9.17) is 0 Å². The van der Waals surface area contributed by atoms with E-state index < -0.39 is 6.04 Å². The maximum atomic E-state index is 12.8.